The van der Waals surface area contributed by atoms with Crippen LogP contribution >= 0.6 is 0 Å². The number of ketones is 1. The summed E-state index contributed by atoms with van der Waals surface area (Å²) in [5.41, 5.74) is 0. The highest BCUT2D eigenvalue weighted by atomic mass is 16.5. The highest BCUT2D eigenvalue weighted by Gasteiger charge is 2.45. The van der Waals surface area contributed by atoms with Crippen LogP contribution in [0.5, 0.6) is 0 Å². The molecular formula is C8H12N4O4. The molecule has 2 rings (SSSR count). The number of fused-ring (bicyclic) bond motifs is 1. The van der Waals surface area contributed by atoms with Gasteiger partial charge >= 0.3 is 12.1 Å². The lowest BCUT2D eigenvalue weighted by atomic mass is 10.4. The summed E-state index contributed by atoms with van der Waals surface area (Å²) in [6, 6.07) is -0.683. The third-order valence-electron chi connectivity index (χ3n) is 2.29. The predicted molar refractivity (Wildman–Crippen MR) is 51.1 cm³/mol. The summed E-state index contributed by atoms with van der Waals surface area (Å²) in [5.74, 6) is -0.121. The van der Waals surface area contributed by atoms with Gasteiger partial charge in [-0.1, -0.05) is 0 Å². The average Bonchev–Trinajstić information content (AvgIpc) is 2.64. The maximum Gasteiger partial charge on any atom is 0.322 e. The standard InChI is InChI=1S/C8H12N4O4/c1-4(13)2-16-3-12-6-5(10-8(12)15)9-7(14)11-6/h5-6H,2-3H2,1H3,(H,10,15)(H2,9,11,14). The van der Waals surface area contributed by atoms with Gasteiger partial charge in [0.25, 0.3) is 0 Å². The van der Waals surface area contributed by atoms with Crippen LogP contribution in [0.2, 0.25) is 0 Å². The van der Waals surface area contributed by atoms with E-state index in [1.807, 2.05) is 0 Å². The van der Waals surface area contributed by atoms with Gasteiger partial charge in [0.15, 0.2) is 5.78 Å². The molecule has 2 saturated heterocycles. The van der Waals surface area contributed by atoms with Crippen molar-refractivity contribution in [2.24, 2.45) is 0 Å². The first-order valence-corrected chi connectivity index (χ1v) is 4.79. The van der Waals surface area contributed by atoms with E-state index in [0.717, 1.165) is 0 Å². The van der Waals surface area contributed by atoms with Crippen molar-refractivity contribution in [2.75, 3.05) is 13.3 Å². The molecule has 0 saturated carbocycles. The minimum Gasteiger partial charge on any atom is -0.353 e. The molecule has 0 aromatic heterocycles. The summed E-state index contributed by atoms with van der Waals surface area (Å²) in [4.78, 5) is 34.4. The second kappa shape index (κ2) is 3.97. The number of carbonyl (C=O) groups excluding carboxylic acids is 3. The Hall–Kier alpha value is -1.83. The molecule has 0 radical (unpaired) electrons. The Morgan fingerprint density at radius 1 is 1.38 bits per heavy atom. The highest BCUT2D eigenvalue weighted by Crippen LogP contribution is 2.13. The molecule has 3 N–H and O–H groups in total. The van der Waals surface area contributed by atoms with Gasteiger partial charge < -0.3 is 20.7 Å². The average molecular weight is 228 g/mol. The van der Waals surface area contributed by atoms with Crippen LogP contribution in [0.15, 0.2) is 0 Å². The smallest absolute Gasteiger partial charge is 0.322 e. The monoisotopic (exact) mass is 228 g/mol. The number of nitrogens with zero attached hydrogens (tertiary/aromatic N) is 1. The number of nitrogens with one attached hydrogen (secondary N) is 3. The van der Waals surface area contributed by atoms with Crippen molar-refractivity contribution < 1.29 is 19.1 Å². The molecule has 2 atom stereocenters. The molecule has 2 heterocycles. The maximum absolute atomic E-state index is 11.4. The largest absolute Gasteiger partial charge is 0.353 e. The summed E-state index contributed by atoms with van der Waals surface area (Å²) in [7, 11) is 0. The molecule has 0 bridgehead atoms. The summed E-state index contributed by atoms with van der Waals surface area (Å²) in [6.45, 7) is 1.31. The Bertz CT molecular complexity index is 345. The lowest BCUT2D eigenvalue weighted by molar-refractivity contribution is -0.123. The van der Waals surface area contributed by atoms with Crippen LogP contribution in [0.3, 0.4) is 0 Å². The number of carbonyl (C=O) groups is 3. The Morgan fingerprint density at radius 3 is 2.81 bits per heavy atom. The molecule has 0 aromatic carbocycles. The molecule has 2 fully saturated rings. The fourth-order valence-corrected chi connectivity index (χ4v) is 1.62. The number of ether oxygens (including phenoxy) is 1. The van der Waals surface area contributed by atoms with Crippen LogP contribution in [-0.4, -0.2) is 48.4 Å². The fourth-order valence-electron chi connectivity index (χ4n) is 1.62. The summed E-state index contributed by atoms with van der Waals surface area (Å²) in [5, 5.41) is 7.65. The topological polar surface area (TPSA) is 99.8 Å². The Kier molecular flexibility index (Phi) is 2.65. The van der Waals surface area contributed by atoms with Gasteiger partial charge in [0.1, 0.15) is 25.7 Å². The molecule has 2 aliphatic rings. The van der Waals surface area contributed by atoms with Crippen molar-refractivity contribution in [1.29, 1.82) is 0 Å². The van der Waals surface area contributed by atoms with E-state index in [-0.39, 0.29) is 31.2 Å². The van der Waals surface area contributed by atoms with Gasteiger partial charge in [-0.05, 0) is 6.92 Å². The van der Waals surface area contributed by atoms with Crippen LogP contribution in [0.1, 0.15) is 6.92 Å². The highest BCUT2D eigenvalue weighted by molar-refractivity contribution is 5.84. The van der Waals surface area contributed by atoms with E-state index >= 15 is 0 Å². The SMILES string of the molecule is CC(=O)COCN1C(=O)NC2NC(=O)NC21. The van der Waals surface area contributed by atoms with E-state index < -0.39 is 12.3 Å². The number of rotatable bonds is 4. The molecule has 88 valence electrons. The second-order valence-corrected chi connectivity index (χ2v) is 3.64. The number of amides is 4. The van der Waals surface area contributed by atoms with Crippen molar-refractivity contribution in [3.8, 4) is 0 Å². The molecular weight excluding hydrogens is 216 g/mol. The first kappa shape index (κ1) is 10.7. The lowest BCUT2D eigenvalue weighted by Gasteiger charge is -2.20. The van der Waals surface area contributed by atoms with Crippen molar-refractivity contribution in [1.82, 2.24) is 20.9 Å². The van der Waals surface area contributed by atoms with E-state index in [4.69, 9.17) is 4.74 Å². The van der Waals surface area contributed by atoms with Crippen LogP contribution in [-0.2, 0) is 9.53 Å². The van der Waals surface area contributed by atoms with Gasteiger partial charge in [0, 0.05) is 0 Å². The van der Waals surface area contributed by atoms with Gasteiger partial charge in [-0.2, -0.15) is 0 Å². The van der Waals surface area contributed by atoms with Crippen LogP contribution in [0, 0.1) is 0 Å². The molecule has 8 heteroatoms. The van der Waals surface area contributed by atoms with Crippen molar-refractivity contribution in [2.45, 2.75) is 19.3 Å². The minimum absolute atomic E-state index is 0.0332. The van der Waals surface area contributed by atoms with Crippen molar-refractivity contribution in [3.05, 3.63) is 0 Å². The zero-order valence-electron chi connectivity index (χ0n) is 8.65. The Balaban J connectivity index is 1.90. The summed E-state index contributed by atoms with van der Waals surface area (Å²) in [6.07, 6.45) is -0.909. The van der Waals surface area contributed by atoms with Crippen LogP contribution < -0.4 is 16.0 Å². The molecule has 0 aliphatic carbocycles. The van der Waals surface area contributed by atoms with E-state index in [9.17, 15) is 14.4 Å². The van der Waals surface area contributed by atoms with Crippen molar-refractivity contribution in [3.63, 3.8) is 0 Å². The van der Waals surface area contributed by atoms with Gasteiger partial charge in [-0.15, -0.1) is 0 Å². The van der Waals surface area contributed by atoms with Crippen LogP contribution in [0.25, 0.3) is 0 Å². The third kappa shape index (κ3) is 1.91. The molecule has 4 amide bonds. The van der Waals surface area contributed by atoms with E-state index in [0.29, 0.717) is 0 Å². The molecule has 16 heavy (non-hydrogen) atoms. The summed E-state index contributed by atoms with van der Waals surface area (Å²) < 4.78 is 5.03. The predicted octanol–water partition coefficient (Wildman–Crippen LogP) is -1.46. The number of hydrogen-bond acceptors (Lipinski definition) is 4. The summed E-state index contributed by atoms with van der Waals surface area (Å²) >= 11 is 0. The zero-order valence-corrected chi connectivity index (χ0v) is 8.65. The first-order chi connectivity index (χ1) is 7.58. The normalized spacial score (nSPS) is 27.2. The molecule has 0 aromatic rings. The first-order valence-electron chi connectivity index (χ1n) is 4.79. The molecule has 0 spiro atoms. The Labute approximate surface area is 91.3 Å². The van der Waals surface area contributed by atoms with E-state index in [1.165, 1.54) is 11.8 Å². The third-order valence-corrected chi connectivity index (χ3v) is 2.29. The lowest BCUT2D eigenvalue weighted by Crippen LogP contribution is -2.44. The molecule has 2 unspecified atom stereocenters. The fraction of sp³-hybridized carbons (Fsp3) is 0.625. The number of hydrogen-bond donors (Lipinski definition) is 3. The van der Waals surface area contributed by atoms with Gasteiger partial charge in [-0.3, -0.25) is 9.69 Å². The van der Waals surface area contributed by atoms with E-state index in [2.05, 4.69) is 16.0 Å². The molecule has 8 nitrogen and oxygen atoms in total. The molecule has 2 aliphatic heterocycles. The zero-order chi connectivity index (χ0) is 11.7. The van der Waals surface area contributed by atoms with Gasteiger partial charge in [0.2, 0.25) is 0 Å². The number of urea groups is 2. The number of Topliss-reactive ketones (excluding diaryl/α,β-unsaturated/α-hetero) is 1. The maximum atomic E-state index is 11.4. The Morgan fingerprint density at radius 2 is 2.12 bits per heavy atom. The second-order valence-electron chi connectivity index (χ2n) is 3.64. The quantitative estimate of drug-likeness (QED) is 0.547. The van der Waals surface area contributed by atoms with Crippen molar-refractivity contribution >= 4 is 17.8 Å². The van der Waals surface area contributed by atoms with Crippen LogP contribution in [0.4, 0.5) is 9.59 Å². The van der Waals surface area contributed by atoms with E-state index in [1.54, 1.807) is 0 Å². The minimum atomic E-state index is -0.466. The van der Waals surface area contributed by atoms with Gasteiger partial charge in [0.05, 0.1) is 0 Å². The van der Waals surface area contributed by atoms with Gasteiger partial charge in [-0.25, -0.2) is 9.59 Å².